The van der Waals surface area contributed by atoms with Gasteiger partial charge in [-0.1, -0.05) is 32.9 Å². The maximum absolute atomic E-state index is 12.9. The first kappa shape index (κ1) is 18.0. The maximum atomic E-state index is 12.9. The Bertz CT molecular complexity index is 568. The molecule has 0 aliphatic rings. The zero-order chi connectivity index (χ0) is 16.3. The van der Waals surface area contributed by atoms with Crippen molar-refractivity contribution in [2.75, 3.05) is 12.3 Å². The van der Waals surface area contributed by atoms with Crippen LogP contribution in [-0.4, -0.2) is 26.8 Å². The average Bonchev–Trinajstić information content (AvgIpc) is 2.37. The van der Waals surface area contributed by atoms with Crippen LogP contribution in [0.4, 0.5) is 13.2 Å². The number of benzene rings is 1. The van der Waals surface area contributed by atoms with E-state index >= 15 is 0 Å². The molecule has 0 fully saturated rings. The van der Waals surface area contributed by atoms with Gasteiger partial charge in [0.25, 0.3) is 0 Å². The van der Waals surface area contributed by atoms with Crippen molar-refractivity contribution in [2.45, 2.75) is 37.9 Å². The van der Waals surface area contributed by atoms with Crippen molar-refractivity contribution in [1.29, 1.82) is 0 Å². The van der Waals surface area contributed by atoms with Crippen LogP contribution >= 0.6 is 0 Å². The molecule has 0 spiro atoms. The lowest BCUT2D eigenvalue weighted by atomic mass is 10.1. The second-order valence-electron chi connectivity index (χ2n) is 5.18. The second-order valence-corrected chi connectivity index (χ2v) is 7.19. The molecule has 1 atom stereocenters. The Morgan fingerprint density at radius 2 is 1.76 bits per heavy atom. The van der Waals surface area contributed by atoms with Gasteiger partial charge in [-0.05, 0) is 24.6 Å². The molecule has 0 aliphatic carbocycles. The van der Waals surface area contributed by atoms with E-state index in [0.717, 1.165) is 12.1 Å². The lowest BCUT2D eigenvalue weighted by Crippen LogP contribution is -2.40. The van der Waals surface area contributed by atoms with E-state index in [1.165, 1.54) is 12.1 Å². The first-order valence-electron chi connectivity index (χ1n) is 6.72. The number of hydrogen-bond acceptors (Lipinski definition) is 3. The van der Waals surface area contributed by atoms with Crippen molar-refractivity contribution in [3.63, 3.8) is 0 Å². The molecule has 1 aromatic carbocycles. The van der Waals surface area contributed by atoms with E-state index in [9.17, 15) is 21.6 Å². The van der Waals surface area contributed by atoms with Gasteiger partial charge < -0.3 is 5.32 Å². The van der Waals surface area contributed by atoms with Crippen LogP contribution in [0.5, 0.6) is 0 Å². The molecule has 1 unspecified atom stereocenters. The fraction of sp³-hybridized carbons (Fsp3) is 0.571. The minimum atomic E-state index is -4.69. The summed E-state index contributed by atoms with van der Waals surface area (Å²) in [6.45, 7) is 6.04. The summed E-state index contributed by atoms with van der Waals surface area (Å²) < 4.78 is 63.5. The van der Waals surface area contributed by atoms with E-state index in [0.29, 0.717) is 6.54 Å². The zero-order valence-corrected chi connectivity index (χ0v) is 13.1. The van der Waals surface area contributed by atoms with E-state index in [1.807, 2.05) is 20.8 Å². The van der Waals surface area contributed by atoms with Crippen LogP contribution in [0, 0.1) is 5.92 Å². The summed E-state index contributed by atoms with van der Waals surface area (Å²) in [6.07, 6.45) is -4.69. The van der Waals surface area contributed by atoms with Gasteiger partial charge >= 0.3 is 6.18 Å². The monoisotopic (exact) mass is 323 g/mol. The quantitative estimate of drug-likeness (QED) is 0.875. The number of sulfone groups is 1. The Labute approximate surface area is 123 Å². The molecule has 0 aliphatic heterocycles. The zero-order valence-electron chi connectivity index (χ0n) is 12.2. The molecule has 0 aromatic heterocycles. The molecule has 1 rings (SSSR count). The number of hydrogen-bond donors (Lipinski definition) is 1. The Kier molecular flexibility index (Phi) is 5.81. The summed E-state index contributed by atoms with van der Waals surface area (Å²) in [6, 6.07) is 3.92. The largest absolute Gasteiger partial charge is 0.417 e. The molecule has 3 nitrogen and oxygen atoms in total. The van der Waals surface area contributed by atoms with E-state index in [-0.39, 0.29) is 17.7 Å². The van der Waals surface area contributed by atoms with Gasteiger partial charge in [-0.15, -0.1) is 0 Å². The van der Waals surface area contributed by atoms with Crippen LogP contribution in [0.3, 0.4) is 0 Å². The van der Waals surface area contributed by atoms with Gasteiger partial charge in [0.2, 0.25) is 0 Å². The fourth-order valence-corrected chi connectivity index (χ4v) is 4.01. The van der Waals surface area contributed by atoms with Crippen molar-refractivity contribution in [2.24, 2.45) is 5.92 Å². The summed E-state index contributed by atoms with van der Waals surface area (Å²) in [5.41, 5.74) is -1.11. The van der Waals surface area contributed by atoms with Gasteiger partial charge in [-0.2, -0.15) is 13.2 Å². The standard InChI is InChI=1S/C14H20F3NO2S/c1-4-18-12(10(2)3)9-21(19,20)13-8-6-5-7-11(13)14(15,16)17/h5-8,10,12,18H,4,9H2,1-3H3. The van der Waals surface area contributed by atoms with Gasteiger partial charge in [0.1, 0.15) is 0 Å². The van der Waals surface area contributed by atoms with Crippen molar-refractivity contribution in [3.05, 3.63) is 29.8 Å². The Hall–Kier alpha value is -1.08. The highest BCUT2D eigenvalue weighted by Crippen LogP contribution is 2.34. The predicted octanol–water partition coefficient (Wildman–Crippen LogP) is 3.11. The third-order valence-corrected chi connectivity index (χ3v) is 5.02. The highest BCUT2D eigenvalue weighted by atomic mass is 32.2. The lowest BCUT2D eigenvalue weighted by molar-refractivity contribution is -0.139. The molecular formula is C14H20F3NO2S. The fourth-order valence-electron chi connectivity index (χ4n) is 2.05. The predicted molar refractivity (Wildman–Crippen MR) is 75.8 cm³/mol. The molecule has 0 amide bonds. The van der Waals surface area contributed by atoms with E-state index in [4.69, 9.17) is 0 Å². The lowest BCUT2D eigenvalue weighted by Gasteiger charge is -2.22. The third-order valence-electron chi connectivity index (χ3n) is 3.20. The minimum Gasteiger partial charge on any atom is -0.313 e. The molecule has 0 radical (unpaired) electrons. The van der Waals surface area contributed by atoms with Crippen LogP contribution in [0.15, 0.2) is 29.2 Å². The van der Waals surface area contributed by atoms with Gasteiger partial charge in [0.15, 0.2) is 9.84 Å². The summed E-state index contributed by atoms with van der Waals surface area (Å²) in [5, 5.41) is 3.01. The minimum absolute atomic E-state index is 0.00206. The van der Waals surface area contributed by atoms with Crippen molar-refractivity contribution in [1.82, 2.24) is 5.32 Å². The number of nitrogens with one attached hydrogen (secondary N) is 1. The molecule has 1 N–H and O–H groups in total. The van der Waals surface area contributed by atoms with Crippen molar-refractivity contribution in [3.8, 4) is 0 Å². The van der Waals surface area contributed by atoms with Crippen LogP contribution in [-0.2, 0) is 16.0 Å². The molecule has 0 heterocycles. The molecule has 0 saturated carbocycles. The first-order valence-corrected chi connectivity index (χ1v) is 8.37. The van der Waals surface area contributed by atoms with Crippen LogP contribution in [0.2, 0.25) is 0 Å². The van der Waals surface area contributed by atoms with Crippen LogP contribution in [0.25, 0.3) is 0 Å². The second kappa shape index (κ2) is 6.79. The SMILES string of the molecule is CCNC(CS(=O)(=O)c1ccccc1C(F)(F)F)C(C)C. The number of halogens is 3. The van der Waals surface area contributed by atoms with Gasteiger partial charge in [-0.3, -0.25) is 0 Å². The number of rotatable bonds is 6. The first-order chi connectivity index (χ1) is 9.59. The smallest absolute Gasteiger partial charge is 0.313 e. The topological polar surface area (TPSA) is 46.2 Å². The molecule has 1 aromatic rings. The van der Waals surface area contributed by atoms with Gasteiger partial charge in [0, 0.05) is 6.04 Å². The Balaban J connectivity index is 3.20. The molecule has 120 valence electrons. The summed E-state index contributed by atoms with van der Waals surface area (Å²) in [4.78, 5) is -0.652. The summed E-state index contributed by atoms with van der Waals surface area (Å²) >= 11 is 0. The summed E-state index contributed by atoms with van der Waals surface area (Å²) in [7, 11) is -4.02. The van der Waals surface area contributed by atoms with Crippen molar-refractivity contribution < 1.29 is 21.6 Å². The van der Waals surface area contributed by atoms with E-state index in [1.54, 1.807) is 0 Å². The van der Waals surface area contributed by atoms with E-state index in [2.05, 4.69) is 5.32 Å². The highest BCUT2D eigenvalue weighted by Gasteiger charge is 2.37. The Morgan fingerprint density at radius 1 is 1.19 bits per heavy atom. The normalized spacial score (nSPS) is 14.4. The molecule has 0 saturated heterocycles. The molecule has 7 heteroatoms. The Morgan fingerprint density at radius 3 is 2.24 bits per heavy atom. The highest BCUT2D eigenvalue weighted by molar-refractivity contribution is 7.91. The summed E-state index contributed by atoms with van der Waals surface area (Å²) in [5.74, 6) is -0.358. The number of alkyl halides is 3. The maximum Gasteiger partial charge on any atom is 0.417 e. The van der Waals surface area contributed by atoms with Crippen LogP contribution < -0.4 is 5.32 Å². The molecule has 0 bridgehead atoms. The average molecular weight is 323 g/mol. The van der Waals surface area contributed by atoms with Crippen molar-refractivity contribution >= 4 is 9.84 Å². The van der Waals surface area contributed by atoms with E-state index < -0.39 is 26.5 Å². The third kappa shape index (κ3) is 4.71. The van der Waals surface area contributed by atoms with Gasteiger partial charge in [0.05, 0.1) is 16.2 Å². The van der Waals surface area contributed by atoms with Crippen LogP contribution in [0.1, 0.15) is 26.3 Å². The van der Waals surface area contributed by atoms with Gasteiger partial charge in [-0.25, -0.2) is 8.42 Å². The molecule has 21 heavy (non-hydrogen) atoms. The molecular weight excluding hydrogens is 303 g/mol.